The normalized spacial score (nSPS) is 15.9. The number of hydrogen-bond donors (Lipinski definition) is 1. The van der Waals surface area contributed by atoms with Crippen molar-refractivity contribution in [3.8, 4) is 17.2 Å². The number of hydrogen-bond acceptors (Lipinski definition) is 5. The fourth-order valence-corrected chi connectivity index (χ4v) is 4.65. The van der Waals surface area contributed by atoms with Gasteiger partial charge in [-0.3, -0.25) is 4.90 Å². The van der Waals surface area contributed by atoms with Crippen LogP contribution in [0.1, 0.15) is 49.7 Å². The van der Waals surface area contributed by atoms with Crippen LogP contribution in [0.3, 0.4) is 0 Å². The van der Waals surface area contributed by atoms with Crippen LogP contribution in [-0.2, 0) is 13.0 Å². The number of benzene rings is 2. The summed E-state index contributed by atoms with van der Waals surface area (Å²) in [5.41, 5.74) is 2.78. The summed E-state index contributed by atoms with van der Waals surface area (Å²) < 4.78 is 17.1. The summed E-state index contributed by atoms with van der Waals surface area (Å²) in [6.45, 7) is 2.57. The third kappa shape index (κ3) is 6.60. The first-order valence-electron chi connectivity index (χ1n) is 12.8. The van der Waals surface area contributed by atoms with Gasteiger partial charge in [0.15, 0.2) is 11.5 Å². The van der Waals surface area contributed by atoms with Crippen molar-refractivity contribution in [2.24, 2.45) is 5.92 Å². The number of amides is 2. The average Bonchev–Trinajstić information content (AvgIpc) is 3.70. The number of unbranched alkanes of at least 4 members (excludes halogenated alkanes) is 1. The van der Waals surface area contributed by atoms with Crippen LogP contribution < -0.4 is 19.1 Å². The summed E-state index contributed by atoms with van der Waals surface area (Å²) in [7, 11) is 3.28. The zero-order chi connectivity index (χ0) is 24.6. The average molecular weight is 483 g/mol. The standard InChI is InChI=1S/C28H38N2O5/c1-33-25-12-11-24(19-27(25)35-17-4-3-6-21-7-8-21)30-15-5-14-29(28(30)32)20-23-10-9-22(13-16-31)18-26(23)34-2/h9-12,18-19,21,31H,3-8,13-17,20H2,1-2H3. The van der Waals surface area contributed by atoms with Crippen molar-refractivity contribution in [3.63, 3.8) is 0 Å². The van der Waals surface area contributed by atoms with Gasteiger partial charge in [-0.25, -0.2) is 4.79 Å². The second-order valence-electron chi connectivity index (χ2n) is 9.45. The number of urea groups is 1. The second-order valence-corrected chi connectivity index (χ2v) is 9.45. The third-order valence-corrected chi connectivity index (χ3v) is 6.84. The number of aliphatic hydroxyl groups is 1. The van der Waals surface area contributed by atoms with Crippen molar-refractivity contribution in [1.82, 2.24) is 4.90 Å². The molecule has 2 amide bonds. The molecule has 0 radical (unpaired) electrons. The fourth-order valence-electron chi connectivity index (χ4n) is 4.65. The molecule has 1 saturated heterocycles. The molecule has 1 saturated carbocycles. The molecule has 0 atom stereocenters. The van der Waals surface area contributed by atoms with Gasteiger partial charge in [-0.15, -0.1) is 0 Å². The van der Waals surface area contributed by atoms with Crippen LogP contribution in [0, 0.1) is 5.92 Å². The van der Waals surface area contributed by atoms with Crippen molar-refractivity contribution in [1.29, 1.82) is 0 Å². The molecule has 2 aromatic carbocycles. The predicted molar refractivity (Wildman–Crippen MR) is 137 cm³/mol. The zero-order valence-corrected chi connectivity index (χ0v) is 21.0. The molecule has 0 bridgehead atoms. The second kappa shape index (κ2) is 12.2. The summed E-state index contributed by atoms with van der Waals surface area (Å²) in [5, 5.41) is 9.22. The summed E-state index contributed by atoms with van der Waals surface area (Å²) in [5.74, 6) is 3.05. The smallest absolute Gasteiger partial charge is 0.324 e. The maximum atomic E-state index is 13.4. The van der Waals surface area contributed by atoms with Crippen LogP contribution >= 0.6 is 0 Å². The van der Waals surface area contributed by atoms with E-state index in [1.165, 1.54) is 25.7 Å². The van der Waals surface area contributed by atoms with Gasteiger partial charge in [0.1, 0.15) is 5.75 Å². The van der Waals surface area contributed by atoms with E-state index < -0.39 is 0 Å². The van der Waals surface area contributed by atoms with Crippen LogP contribution in [0.25, 0.3) is 0 Å². The highest BCUT2D eigenvalue weighted by atomic mass is 16.5. The minimum atomic E-state index is -0.0294. The number of carbonyl (C=O) groups is 1. The Bertz CT molecular complexity index is 991. The maximum Gasteiger partial charge on any atom is 0.324 e. The van der Waals surface area contributed by atoms with E-state index in [1.807, 2.05) is 46.2 Å². The maximum absolute atomic E-state index is 13.4. The summed E-state index contributed by atoms with van der Waals surface area (Å²) in [6.07, 6.45) is 7.75. The van der Waals surface area contributed by atoms with Crippen molar-refractivity contribution < 1.29 is 24.1 Å². The molecule has 0 spiro atoms. The van der Waals surface area contributed by atoms with Crippen molar-refractivity contribution >= 4 is 11.7 Å². The minimum absolute atomic E-state index is 0.0294. The van der Waals surface area contributed by atoms with E-state index in [1.54, 1.807) is 14.2 Å². The molecule has 0 aromatic heterocycles. The Hall–Kier alpha value is -2.93. The van der Waals surface area contributed by atoms with Crippen molar-refractivity contribution in [2.45, 2.75) is 51.5 Å². The molecule has 190 valence electrons. The topological polar surface area (TPSA) is 71.5 Å². The SMILES string of the molecule is COc1cc(CCO)ccc1CN1CCCN(c2ccc(OC)c(OCCCCC3CC3)c2)C1=O. The molecule has 35 heavy (non-hydrogen) atoms. The van der Waals surface area contributed by atoms with E-state index in [0.29, 0.717) is 44.2 Å². The zero-order valence-electron chi connectivity index (χ0n) is 21.0. The molecule has 0 unspecified atom stereocenters. The number of nitrogens with zero attached hydrogens (tertiary/aromatic N) is 2. The Balaban J connectivity index is 1.42. The van der Waals surface area contributed by atoms with Crippen LogP contribution in [0.4, 0.5) is 10.5 Å². The summed E-state index contributed by atoms with van der Waals surface area (Å²) in [6, 6.07) is 11.6. The molecule has 7 heteroatoms. The molecular weight excluding hydrogens is 444 g/mol. The number of rotatable bonds is 13. The Kier molecular flexibility index (Phi) is 8.74. The quantitative estimate of drug-likeness (QED) is 0.406. The molecule has 7 nitrogen and oxygen atoms in total. The highest BCUT2D eigenvalue weighted by Gasteiger charge is 2.28. The molecule has 4 rings (SSSR count). The lowest BCUT2D eigenvalue weighted by Crippen LogP contribution is -2.49. The van der Waals surface area contributed by atoms with Crippen LogP contribution in [0.15, 0.2) is 36.4 Å². The van der Waals surface area contributed by atoms with Gasteiger partial charge < -0.3 is 24.2 Å². The minimum Gasteiger partial charge on any atom is -0.496 e. The lowest BCUT2D eigenvalue weighted by Gasteiger charge is -2.36. The number of aliphatic hydroxyl groups excluding tert-OH is 1. The van der Waals surface area contributed by atoms with Gasteiger partial charge in [-0.1, -0.05) is 31.4 Å². The lowest BCUT2D eigenvalue weighted by atomic mass is 10.1. The van der Waals surface area contributed by atoms with Crippen LogP contribution in [0.5, 0.6) is 17.2 Å². The predicted octanol–water partition coefficient (Wildman–Crippen LogP) is 5.03. The van der Waals surface area contributed by atoms with Gasteiger partial charge in [0, 0.05) is 37.0 Å². The van der Waals surface area contributed by atoms with Gasteiger partial charge in [0.2, 0.25) is 0 Å². The van der Waals surface area contributed by atoms with Crippen molar-refractivity contribution in [2.75, 3.05) is 45.4 Å². The Morgan fingerprint density at radius 2 is 1.80 bits per heavy atom. The highest BCUT2D eigenvalue weighted by Crippen LogP contribution is 2.35. The molecular formula is C28H38N2O5. The number of methoxy groups -OCH3 is 2. The van der Waals surface area contributed by atoms with Gasteiger partial charge >= 0.3 is 6.03 Å². The van der Waals surface area contributed by atoms with E-state index in [2.05, 4.69) is 0 Å². The van der Waals surface area contributed by atoms with E-state index >= 15 is 0 Å². The van der Waals surface area contributed by atoms with E-state index in [9.17, 15) is 9.90 Å². The largest absolute Gasteiger partial charge is 0.496 e. The first-order valence-corrected chi connectivity index (χ1v) is 12.8. The summed E-state index contributed by atoms with van der Waals surface area (Å²) in [4.78, 5) is 17.1. The lowest BCUT2D eigenvalue weighted by molar-refractivity contribution is 0.191. The Morgan fingerprint density at radius 1 is 0.971 bits per heavy atom. The fraction of sp³-hybridized carbons (Fsp3) is 0.536. The molecule has 1 aliphatic heterocycles. The molecule has 2 fully saturated rings. The van der Waals surface area contributed by atoms with Gasteiger partial charge in [0.05, 0.1) is 27.4 Å². The number of anilines is 1. The molecule has 1 heterocycles. The number of carbonyl (C=O) groups excluding carboxylic acids is 1. The van der Waals surface area contributed by atoms with Crippen molar-refractivity contribution in [3.05, 3.63) is 47.5 Å². The van der Waals surface area contributed by atoms with Gasteiger partial charge in [0.25, 0.3) is 0 Å². The molecule has 2 aliphatic rings. The molecule has 1 aliphatic carbocycles. The third-order valence-electron chi connectivity index (χ3n) is 6.84. The van der Waals surface area contributed by atoms with Gasteiger partial charge in [-0.05, 0) is 55.4 Å². The van der Waals surface area contributed by atoms with Crippen LogP contribution in [0.2, 0.25) is 0 Å². The molecule has 1 N–H and O–H groups in total. The monoisotopic (exact) mass is 482 g/mol. The first-order chi connectivity index (χ1) is 17.1. The summed E-state index contributed by atoms with van der Waals surface area (Å²) >= 11 is 0. The Morgan fingerprint density at radius 3 is 2.54 bits per heavy atom. The first kappa shape index (κ1) is 25.2. The Labute approximate surface area is 208 Å². The number of ether oxygens (including phenoxy) is 3. The van der Waals surface area contributed by atoms with E-state index in [4.69, 9.17) is 14.2 Å². The van der Waals surface area contributed by atoms with Gasteiger partial charge in [-0.2, -0.15) is 0 Å². The molecule has 2 aromatic rings. The van der Waals surface area contributed by atoms with Crippen LogP contribution in [-0.4, -0.2) is 56.6 Å². The van der Waals surface area contributed by atoms with E-state index in [-0.39, 0.29) is 12.6 Å². The van der Waals surface area contributed by atoms with E-state index in [0.717, 1.165) is 41.3 Å². The highest BCUT2D eigenvalue weighted by molar-refractivity contribution is 5.93.